The number of nitrogens with one attached hydrogen (secondary N) is 2. The van der Waals surface area contributed by atoms with Crippen LogP contribution in [0, 0.1) is 0 Å². The second kappa shape index (κ2) is 6.85. The maximum atomic E-state index is 11.4. The Morgan fingerprint density at radius 2 is 2.35 bits per heavy atom. The molecule has 17 heavy (non-hydrogen) atoms. The molecule has 0 radical (unpaired) electrons. The quantitative estimate of drug-likeness (QED) is 0.690. The molecule has 1 amide bonds. The minimum absolute atomic E-state index is 0.220. The largest absolute Gasteiger partial charge is 0.391 e. The maximum absolute atomic E-state index is 11.4. The van der Waals surface area contributed by atoms with Gasteiger partial charge >= 0.3 is 0 Å². The number of carbonyl (C=O) groups excluding carboxylic acids is 1. The fraction of sp³-hybridized carbons (Fsp3) is 0.500. The summed E-state index contributed by atoms with van der Waals surface area (Å²) < 4.78 is 0. The van der Waals surface area contributed by atoms with Crippen molar-refractivity contribution in [3.63, 3.8) is 0 Å². The number of aromatic nitrogens is 1. The molecule has 1 atom stereocenters. The molecule has 0 aliphatic rings. The number of nitrogens with zero attached hydrogens (tertiary/aromatic N) is 1. The Hall–Kier alpha value is -1.62. The van der Waals surface area contributed by atoms with Gasteiger partial charge in [-0.15, -0.1) is 0 Å². The molecule has 0 aliphatic carbocycles. The molecule has 1 aromatic heterocycles. The molecule has 5 nitrogen and oxygen atoms in total. The second-order valence-electron chi connectivity index (χ2n) is 3.83. The molecule has 0 aliphatic heterocycles. The van der Waals surface area contributed by atoms with Crippen LogP contribution in [-0.4, -0.2) is 35.7 Å². The van der Waals surface area contributed by atoms with Crippen molar-refractivity contribution >= 4 is 11.6 Å². The molecule has 0 bridgehead atoms. The fourth-order valence-electron chi connectivity index (χ4n) is 1.46. The number of hydrogen-bond donors (Lipinski definition) is 3. The van der Waals surface area contributed by atoms with Crippen LogP contribution in [0.1, 0.15) is 30.3 Å². The Labute approximate surface area is 101 Å². The molecular formula is C12H19N3O2. The predicted molar refractivity (Wildman–Crippen MR) is 67.0 cm³/mol. The van der Waals surface area contributed by atoms with Gasteiger partial charge in [-0.1, -0.05) is 13.3 Å². The maximum Gasteiger partial charge on any atom is 0.269 e. The Balaban J connectivity index is 2.57. The highest BCUT2D eigenvalue weighted by Gasteiger charge is 2.06. The van der Waals surface area contributed by atoms with Crippen molar-refractivity contribution < 1.29 is 9.90 Å². The van der Waals surface area contributed by atoms with Crippen LogP contribution in [0.4, 0.5) is 5.69 Å². The van der Waals surface area contributed by atoms with Gasteiger partial charge in [-0.25, -0.2) is 0 Å². The van der Waals surface area contributed by atoms with Crippen LogP contribution < -0.4 is 10.6 Å². The first-order valence-electron chi connectivity index (χ1n) is 5.77. The first-order valence-corrected chi connectivity index (χ1v) is 5.77. The molecular weight excluding hydrogens is 218 g/mol. The van der Waals surface area contributed by atoms with E-state index in [2.05, 4.69) is 15.6 Å². The molecule has 0 aromatic carbocycles. The summed E-state index contributed by atoms with van der Waals surface area (Å²) in [6.45, 7) is 2.50. The average Bonchev–Trinajstić information content (AvgIpc) is 2.36. The normalized spacial score (nSPS) is 11.9. The Morgan fingerprint density at radius 3 is 3.00 bits per heavy atom. The predicted octanol–water partition coefficient (Wildman–Crippen LogP) is 1.01. The van der Waals surface area contributed by atoms with Gasteiger partial charge in [0, 0.05) is 25.5 Å². The van der Waals surface area contributed by atoms with E-state index in [-0.39, 0.29) is 12.0 Å². The van der Waals surface area contributed by atoms with E-state index in [1.807, 2.05) is 6.92 Å². The van der Waals surface area contributed by atoms with Crippen molar-refractivity contribution in [2.24, 2.45) is 0 Å². The van der Waals surface area contributed by atoms with Crippen molar-refractivity contribution in [3.8, 4) is 0 Å². The zero-order chi connectivity index (χ0) is 12.7. The minimum Gasteiger partial charge on any atom is -0.391 e. The Morgan fingerprint density at radius 1 is 1.59 bits per heavy atom. The number of amides is 1. The number of aliphatic hydroxyl groups is 1. The summed E-state index contributed by atoms with van der Waals surface area (Å²) in [7, 11) is 1.56. The van der Waals surface area contributed by atoms with E-state index in [0.29, 0.717) is 12.2 Å². The van der Waals surface area contributed by atoms with E-state index >= 15 is 0 Å². The lowest BCUT2D eigenvalue weighted by atomic mass is 10.2. The topological polar surface area (TPSA) is 74.2 Å². The van der Waals surface area contributed by atoms with Crippen LogP contribution in [0.5, 0.6) is 0 Å². The van der Waals surface area contributed by atoms with Crippen LogP contribution in [0.2, 0.25) is 0 Å². The van der Waals surface area contributed by atoms with Crippen LogP contribution in [0.3, 0.4) is 0 Å². The van der Waals surface area contributed by atoms with Crippen molar-refractivity contribution in [1.82, 2.24) is 10.3 Å². The van der Waals surface area contributed by atoms with E-state index < -0.39 is 0 Å². The van der Waals surface area contributed by atoms with E-state index in [1.165, 1.54) is 0 Å². The van der Waals surface area contributed by atoms with Gasteiger partial charge < -0.3 is 15.7 Å². The molecule has 1 rings (SSSR count). The van der Waals surface area contributed by atoms with Gasteiger partial charge in [0.15, 0.2) is 0 Å². The number of pyridine rings is 1. The minimum atomic E-state index is -0.364. The monoisotopic (exact) mass is 237 g/mol. The highest BCUT2D eigenvalue weighted by atomic mass is 16.3. The third kappa shape index (κ3) is 4.40. The molecule has 0 saturated heterocycles. The molecule has 1 heterocycles. The lowest BCUT2D eigenvalue weighted by Crippen LogP contribution is -2.21. The van der Waals surface area contributed by atoms with E-state index in [9.17, 15) is 9.90 Å². The molecule has 0 saturated carbocycles. The molecule has 5 heteroatoms. The third-order valence-corrected chi connectivity index (χ3v) is 2.38. The van der Waals surface area contributed by atoms with Gasteiger partial charge in [0.2, 0.25) is 0 Å². The first kappa shape index (κ1) is 13.4. The van der Waals surface area contributed by atoms with Crippen LogP contribution in [0.25, 0.3) is 0 Å². The smallest absolute Gasteiger partial charge is 0.269 e. The van der Waals surface area contributed by atoms with Gasteiger partial charge in [0.1, 0.15) is 5.69 Å². The highest BCUT2D eigenvalue weighted by molar-refractivity contribution is 5.92. The van der Waals surface area contributed by atoms with E-state index in [4.69, 9.17) is 0 Å². The van der Waals surface area contributed by atoms with Crippen molar-refractivity contribution in [2.45, 2.75) is 25.9 Å². The Bertz CT molecular complexity index is 369. The standard InChI is InChI=1S/C12H19N3O2/c1-3-4-10(16)8-15-9-5-6-14-11(7-9)12(17)13-2/h5-7,10,16H,3-4,8H2,1-2H3,(H,13,17)(H,14,15). The summed E-state index contributed by atoms with van der Waals surface area (Å²) in [5.74, 6) is -0.220. The summed E-state index contributed by atoms with van der Waals surface area (Å²) in [5, 5.41) is 15.2. The molecule has 1 aromatic rings. The van der Waals surface area contributed by atoms with Crippen LogP contribution in [0.15, 0.2) is 18.3 Å². The van der Waals surface area contributed by atoms with E-state index in [1.54, 1.807) is 25.4 Å². The van der Waals surface area contributed by atoms with E-state index in [0.717, 1.165) is 18.5 Å². The third-order valence-electron chi connectivity index (χ3n) is 2.38. The lowest BCUT2D eigenvalue weighted by molar-refractivity contribution is 0.0958. The average molecular weight is 237 g/mol. The number of carbonyl (C=O) groups is 1. The van der Waals surface area contributed by atoms with Crippen molar-refractivity contribution in [3.05, 3.63) is 24.0 Å². The van der Waals surface area contributed by atoms with Gasteiger partial charge in [-0.2, -0.15) is 0 Å². The number of aliphatic hydroxyl groups excluding tert-OH is 1. The zero-order valence-electron chi connectivity index (χ0n) is 10.2. The number of rotatable bonds is 6. The summed E-state index contributed by atoms with van der Waals surface area (Å²) in [4.78, 5) is 15.3. The summed E-state index contributed by atoms with van der Waals surface area (Å²) in [6, 6.07) is 3.43. The summed E-state index contributed by atoms with van der Waals surface area (Å²) in [5.41, 5.74) is 1.15. The summed E-state index contributed by atoms with van der Waals surface area (Å²) >= 11 is 0. The van der Waals surface area contributed by atoms with Gasteiger partial charge in [0.25, 0.3) is 5.91 Å². The SMILES string of the molecule is CCCC(O)CNc1ccnc(C(=O)NC)c1. The molecule has 0 spiro atoms. The molecule has 94 valence electrons. The molecule has 0 fully saturated rings. The lowest BCUT2D eigenvalue weighted by Gasteiger charge is -2.12. The Kier molecular flexibility index (Phi) is 5.42. The highest BCUT2D eigenvalue weighted by Crippen LogP contribution is 2.08. The number of anilines is 1. The van der Waals surface area contributed by atoms with Gasteiger partial charge in [-0.05, 0) is 18.6 Å². The summed E-state index contributed by atoms with van der Waals surface area (Å²) in [6.07, 6.45) is 2.92. The molecule has 1 unspecified atom stereocenters. The van der Waals surface area contributed by atoms with Crippen molar-refractivity contribution in [1.29, 1.82) is 0 Å². The zero-order valence-corrected chi connectivity index (χ0v) is 10.2. The van der Waals surface area contributed by atoms with Crippen LogP contribution >= 0.6 is 0 Å². The first-order chi connectivity index (χ1) is 8.17. The molecule has 3 N–H and O–H groups in total. The van der Waals surface area contributed by atoms with Crippen molar-refractivity contribution in [2.75, 3.05) is 18.9 Å². The second-order valence-corrected chi connectivity index (χ2v) is 3.83. The fourth-order valence-corrected chi connectivity index (χ4v) is 1.46. The van der Waals surface area contributed by atoms with Gasteiger partial charge in [-0.3, -0.25) is 9.78 Å². The van der Waals surface area contributed by atoms with Gasteiger partial charge in [0.05, 0.1) is 6.10 Å². The van der Waals surface area contributed by atoms with Crippen LogP contribution in [-0.2, 0) is 0 Å². The number of hydrogen-bond acceptors (Lipinski definition) is 4.